The lowest BCUT2D eigenvalue weighted by Gasteiger charge is -2.03. The Morgan fingerprint density at radius 2 is 2.18 bits per heavy atom. The monoisotopic (exact) mass is 235 g/mol. The standard InChI is InChI=1S/C11H9NO5/c13-8-2-1-3-9(6-8)16-7-10-4-5-11(17-10)12(14)15/h1-6,13H,7H2. The van der Waals surface area contributed by atoms with Gasteiger partial charge in [-0.2, -0.15) is 0 Å². The molecule has 17 heavy (non-hydrogen) atoms. The summed E-state index contributed by atoms with van der Waals surface area (Å²) in [6, 6.07) is 9.00. The third kappa shape index (κ3) is 2.75. The van der Waals surface area contributed by atoms with Crippen molar-refractivity contribution >= 4 is 5.88 Å². The molecule has 1 heterocycles. The average molecular weight is 235 g/mol. The van der Waals surface area contributed by atoms with Gasteiger partial charge in [0.05, 0.1) is 6.07 Å². The van der Waals surface area contributed by atoms with Crippen LogP contribution in [0.15, 0.2) is 40.8 Å². The highest BCUT2D eigenvalue weighted by molar-refractivity contribution is 5.31. The second-order valence-electron chi connectivity index (χ2n) is 3.28. The first-order valence-electron chi connectivity index (χ1n) is 4.80. The molecule has 0 amide bonds. The van der Waals surface area contributed by atoms with Crippen molar-refractivity contribution in [1.29, 1.82) is 0 Å². The Bertz CT molecular complexity index is 534. The molecule has 0 aliphatic heterocycles. The fourth-order valence-electron chi connectivity index (χ4n) is 1.27. The van der Waals surface area contributed by atoms with Gasteiger partial charge in [0.25, 0.3) is 0 Å². The second kappa shape index (κ2) is 4.56. The largest absolute Gasteiger partial charge is 0.508 e. The number of hydrogen-bond donors (Lipinski definition) is 1. The number of phenols is 1. The van der Waals surface area contributed by atoms with Gasteiger partial charge in [-0.1, -0.05) is 6.07 Å². The molecule has 0 aliphatic carbocycles. The Hall–Kier alpha value is -2.50. The zero-order chi connectivity index (χ0) is 12.3. The Balaban J connectivity index is 2.00. The summed E-state index contributed by atoms with van der Waals surface area (Å²) in [5.74, 6) is 0.580. The fourth-order valence-corrected chi connectivity index (χ4v) is 1.27. The summed E-state index contributed by atoms with van der Waals surface area (Å²) in [6.45, 7) is 0.0668. The van der Waals surface area contributed by atoms with E-state index in [1.54, 1.807) is 12.1 Å². The minimum Gasteiger partial charge on any atom is -0.508 e. The maximum atomic E-state index is 10.4. The van der Waals surface area contributed by atoms with Crippen LogP contribution in [0, 0.1) is 10.1 Å². The minimum absolute atomic E-state index is 0.0668. The number of aromatic hydroxyl groups is 1. The first kappa shape index (κ1) is 11.0. The third-order valence-corrected chi connectivity index (χ3v) is 2.03. The maximum absolute atomic E-state index is 10.4. The predicted molar refractivity (Wildman–Crippen MR) is 57.8 cm³/mol. The van der Waals surface area contributed by atoms with Crippen LogP contribution in [0.2, 0.25) is 0 Å². The summed E-state index contributed by atoms with van der Waals surface area (Å²) in [5, 5.41) is 19.6. The Kier molecular flexibility index (Phi) is 2.95. The average Bonchev–Trinajstić information content (AvgIpc) is 2.75. The quantitative estimate of drug-likeness (QED) is 0.649. The molecule has 1 aromatic carbocycles. The molecule has 6 heteroatoms. The van der Waals surface area contributed by atoms with Crippen LogP contribution in [0.5, 0.6) is 11.5 Å². The summed E-state index contributed by atoms with van der Waals surface area (Å²) in [4.78, 5) is 9.76. The molecular weight excluding hydrogens is 226 g/mol. The SMILES string of the molecule is O=[N+]([O-])c1ccc(COc2cccc(O)c2)o1. The van der Waals surface area contributed by atoms with Gasteiger partial charge in [0, 0.05) is 6.07 Å². The molecule has 0 fully saturated rings. The van der Waals surface area contributed by atoms with E-state index in [0.717, 1.165) is 0 Å². The highest BCUT2D eigenvalue weighted by Gasteiger charge is 2.11. The third-order valence-electron chi connectivity index (χ3n) is 2.03. The summed E-state index contributed by atoms with van der Waals surface area (Å²) in [6.07, 6.45) is 0. The van der Waals surface area contributed by atoms with Crippen molar-refractivity contribution in [1.82, 2.24) is 0 Å². The van der Waals surface area contributed by atoms with Crippen LogP contribution in [0.3, 0.4) is 0 Å². The highest BCUT2D eigenvalue weighted by Crippen LogP contribution is 2.21. The number of benzene rings is 1. The lowest BCUT2D eigenvalue weighted by atomic mass is 10.3. The van der Waals surface area contributed by atoms with E-state index in [4.69, 9.17) is 9.15 Å². The smallest absolute Gasteiger partial charge is 0.433 e. The molecule has 0 unspecified atom stereocenters. The fraction of sp³-hybridized carbons (Fsp3) is 0.0909. The molecule has 2 rings (SSSR count). The van der Waals surface area contributed by atoms with E-state index >= 15 is 0 Å². The molecule has 1 N–H and O–H groups in total. The van der Waals surface area contributed by atoms with E-state index in [2.05, 4.69) is 0 Å². The van der Waals surface area contributed by atoms with E-state index in [1.807, 2.05) is 0 Å². The van der Waals surface area contributed by atoms with Crippen LogP contribution in [-0.4, -0.2) is 10.0 Å². The first-order valence-corrected chi connectivity index (χ1v) is 4.80. The van der Waals surface area contributed by atoms with Crippen molar-refractivity contribution in [3.05, 3.63) is 52.3 Å². The number of nitrogens with zero attached hydrogens (tertiary/aromatic N) is 1. The molecule has 0 spiro atoms. The Morgan fingerprint density at radius 1 is 1.35 bits per heavy atom. The number of nitro groups is 1. The van der Waals surface area contributed by atoms with Gasteiger partial charge >= 0.3 is 5.88 Å². The summed E-state index contributed by atoms with van der Waals surface area (Å²) >= 11 is 0. The number of rotatable bonds is 4. The zero-order valence-electron chi connectivity index (χ0n) is 8.70. The van der Waals surface area contributed by atoms with E-state index < -0.39 is 4.92 Å². The maximum Gasteiger partial charge on any atom is 0.433 e. The van der Waals surface area contributed by atoms with Crippen LogP contribution in [0.25, 0.3) is 0 Å². The molecule has 0 bridgehead atoms. The summed E-state index contributed by atoms with van der Waals surface area (Å²) in [7, 11) is 0. The second-order valence-corrected chi connectivity index (χ2v) is 3.28. The van der Waals surface area contributed by atoms with Gasteiger partial charge in [0.1, 0.15) is 28.8 Å². The molecule has 0 saturated carbocycles. The van der Waals surface area contributed by atoms with E-state index in [1.165, 1.54) is 24.3 Å². The van der Waals surface area contributed by atoms with E-state index in [9.17, 15) is 15.2 Å². The Labute approximate surface area is 96.2 Å². The van der Waals surface area contributed by atoms with Gasteiger partial charge in [-0.25, -0.2) is 0 Å². The normalized spacial score (nSPS) is 10.1. The van der Waals surface area contributed by atoms with Gasteiger partial charge in [0.15, 0.2) is 0 Å². The number of ether oxygens (including phenoxy) is 1. The zero-order valence-corrected chi connectivity index (χ0v) is 8.70. The lowest BCUT2D eigenvalue weighted by Crippen LogP contribution is -1.93. The van der Waals surface area contributed by atoms with Crippen molar-refractivity contribution in [3.63, 3.8) is 0 Å². The van der Waals surface area contributed by atoms with Crippen LogP contribution in [-0.2, 0) is 6.61 Å². The number of hydrogen-bond acceptors (Lipinski definition) is 5. The minimum atomic E-state index is -0.613. The van der Waals surface area contributed by atoms with Gasteiger partial charge in [-0.05, 0) is 18.2 Å². The van der Waals surface area contributed by atoms with E-state index in [-0.39, 0.29) is 18.2 Å². The van der Waals surface area contributed by atoms with Gasteiger partial charge < -0.3 is 14.3 Å². The summed E-state index contributed by atoms with van der Waals surface area (Å²) < 4.78 is 10.2. The van der Waals surface area contributed by atoms with Crippen molar-refractivity contribution in [2.45, 2.75) is 6.61 Å². The molecule has 6 nitrogen and oxygen atoms in total. The van der Waals surface area contributed by atoms with Crippen molar-refractivity contribution < 1.29 is 19.2 Å². The molecule has 0 atom stereocenters. The molecule has 1 aromatic heterocycles. The van der Waals surface area contributed by atoms with E-state index in [0.29, 0.717) is 11.5 Å². The van der Waals surface area contributed by atoms with Gasteiger partial charge in [-0.3, -0.25) is 10.1 Å². The van der Waals surface area contributed by atoms with Crippen molar-refractivity contribution in [3.8, 4) is 11.5 Å². The predicted octanol–water partition coefficient (Wildman–Crippen LogP) is 2.47. The molecule has 88 valence electrons. The molecular formula is C11H9NO5. The van der Waals surface area contributed by atoms with Crippen LogP contribution in [0.1, 0.15) is 5.76 Å². The van der Waals surface area contributed by atoms with Gasteiger partial charge in [-0.15, -0.1) is 0 Å². The Morgan fingerprint density at radius 3 is 2.82 bits per heavy atom. The summed E-state index contributed by atoms with van der Waals surface area (Å²) in [5.41, 5.74) is 0. The highest BCUT2D eigenvalue weighted by atomic mass is 16.6. The lowest BCUT2D eigenvalue weighted by molar-refractivity contribution is -0.402. The topological polar surface area (TPSA) is 85.7 Å². The number of phenolic OH excluding ortho intramolecular Hbond substituents is 1. The van der Waals surface area contributed by atoms with Crippen LogP contribution >= 0.6 is 0 Å². The molecule has 0 saturated heterocycles. The van der Waals surface area contributed by atoms with Crippen molar-refractivity contribution in [2.24, 2.45) is 0 Å². The molecule has 2 aromatic rings. The molecule has 0 radical (unpaired) electrons. The van der Waals surface area contributed by atoms with Crippen molar-refractivity contribution in [2.75, 3.05) is 0 Å². The van der Waals surface area contributed by atoms with Gasteiger partial charge in [0.2, 0.25) is 0 Å². The number of furan rings is 1. The van der Waals surface area contributed by atoms with Crippen LogP contribution in [0.4, 0.5) is 5.88 Å². The van der Waals surface area contributed by atoms with Crippen LogP contribution < -0.4 is 4.74 Å². The molecule has 0 aliphatic rings. The first-order chi connectivity index (χ1) is 8.15.